The Hall–Kier alpha value is -3.09. The molecule has 7 nitrogen and oxygen atoms in total. The van der Waals surface area contributed by atoms with Gasteiger partial charge in [0.05, 0.1) is 17.3 Å². The summed E-state index contributed by atoms with van der Waals surface area (Å²) < 4.78 is 7.18. The number of unbranched alkanes of at least 4 members (excludes halogenated alkanes) is 2. The van der Waals surface area contributed by atoms with Crippen molar-refractivity contribution in [2.75, 3.05) is 19.6 Å². The summed E-state index contributed by atoms with van der Waals surface area (Å²) in [5.41, 5.74) is 1.96. The lowest BCUT2D eigenvalue weighted by Crippen LogP contribution is -2.38. The number of likely N-dealkylation sites (tertiary alicyclic amines) is 1. The average Bonchev–Trinajstić information content (AvgIpc) is 3.45. The summed E-state index contributed by atoms with van der Waals surface area (Å²) in [5, 5.41) is 2.88. The van der Waals surface area contributed by atoms with Crippen LogP contribution in [0, 0.1) is 0 Å². The first-order valence-corrected chi connectivity index (χ1v) is 11.3. The topological polar surface area (TPSA) is 80.4 Å². The van der Waals surface area contributed by atoms with E-state index in [4.69, 9.17) is 9.40 Å². The van der Waals surface area contributed by atoms with Gasteiger partial charge in [-0.05, 0) is 56.4 Å². The monoisotopic (exact) mass is 422 g/mol. The van der Waals surface area contributed by atoms with E-state index < -0.39 is 0 Å². The minimum Gasteiger partial charge on any atom is -0.459 e. The normalized spacial score (nSPS) is 14.1. The molecule has 0 radical (unpaired) electrons. The van der Waals surface area contributed by atoms with Gasteiger partial charge in [0, 0.05) is 26.1 Å². The third-order valence-electron chi connectivity index (χ3n) is 5.84. The number of piperidine rings is 1. The number of hydrogen-bond donors (Lipinski definition) is 1. The highest BCUT2D eigenvalue weighted by molar-refractivity contribution is 5.91. The van der Waals surface area contributed by atoms with Crippen molar-refractivity contribution in [3.8, 4) is 0 Å². The van der Waals surface area contributed by atoms with Crippen molar-refractivity contribution >= 4 is 22.8 Å². The third-order valence-corrected chi connectivity index (χ3v) is 5.84. The minimum absolute atomic E-state index is 0.178. The molecule has 0 bridgehead atoms. The molecule has 2 amide bonds. The summed E-state index contributed by atoms with van der Waals surface area (Å²) in [6, 6.07) is 11.4. The van der Waals surface area contributed by atoms with Crippen molar-refractivity contribution in [1.82, 2.24) is 19.8 Å². The van der Waals surface area contributed by atoms with Gasteiger partial charge in [-0.15, -0.1) is 0 Å². The Morgan fingerprint density at radius 1 is 1.00 bits per heavy atom. The largest absolute Gasteiger partial charge is 0.459 e. The van der Waals surface area contributed by atoms with E-state index >= 15 is 0 Å². The fraction of sp³-hybridized carbons (Fsp3) is 0.458. The number of imidazole rings is 1. The first kappa shape index (κ1) is 21.2. The zero-order valence-corrected chi connectivity index (χ0v) is 17.9. The highest BCUT2D eigenvalue weighted by atomic mass is 16.3. The van der Waals surface area contributed by atoms with Crippen molar-refractivity contribution in [1.29, 1.82) is 0 Å². The Balaban J connectivity index is 1.31. The van der Waals surface area contributed by atoms with Gasteiger partial charge in [0.1, 0.15) is 12.4 Å². The molecule has 31 heavy (non-hydrogen) atoms. The van der Waals surface area contributed by atoms with Crippen LogP contribution in [0.2, 0.25) is 0 Å². The van der Waals surface area contributed by atoms with Gasteiger partial charge in [0.15, 0.2) is 5.76 Å². The molecular formula is C24H30N4O3. The predicted octanol–water partition coefficient (Wildman–Crippen LogP) is 3.78. The number of carbonyl (C=O) groups excluding carboxylic acids is 2. The summed E-state index contributed by atoms with van der Waals surface area (Å²) in [5.74, 6) is 1.31. The number of amides is 2. The number of nitrogens with zero attached hydrogens (tertiary/aromatic N) is 3. The molecule has 1 N–H and O–H groups in total. The maximum absolute atomic E-state index is 12.9. The average molecular weight is 423 g/mol. The van der Waals surface area contributed by atoms with Crippen LogP contribution in [-0.4, -0.2) is 45.9 Å². The second-order valence-corrected chi connectivity index (χ2v) is 8.09. The van der Waals surface area contributed by atoms with Crippen LogP contribution in [0.1, 0.15) is 54.9 Å². The van der Waals surface area contributed by atoms with Gasteiger partial charge >= 0.3 is 0 Å². The molecular weight excluding hydrogens is 392 g/mol. The van der Waals surface area contributed by atoms with Gasteiger partial charge in [-0.25, -0.2) is 4.98 Å². The van der Waals surface area contributed by atoms with Crippen molar-refractivity contribution in [3.63, 3.8) is 0 Å². The first-order chi connectivity index (χ1) is 15.2. The van der Waals surface area contributed by atoms with E-state index in [2.05, 4.69) is 9.88 Å². The molecule has 1 aliphatic heterocycles. The van der Waals surface area contributed by atoms with Gasteiger partial charge < -0.3 is 19.2 Å². The molecule has 3 heterocycles. The number of hydrogen-bond acceptors (Lipinski definition) is 4. The molecule has 7 heteroatoms. The lowest BCUT2D eigenvalue weighted by molar-refractivity contribution is -0.132. The van der Waals surface area contributed by atoms with E-state index in [1.54, 1.807) is 12.1 Å². The fourth-order valence-electron chi connectivity index (χ4n) is 4.15. The van der Waals surface area contributed by atoms with Crippen LogP contribution in [0.3, 0.4) is 0 Å². The number of carbonyl (C=O) groups is 2. The fourth-order valence-corrected chi connectivity index (χ4v) is 4.15. The lowest BCUT2D eigenvalue weighted by atomic mass is 10.1. The molecule has 0 unspecified atom stereocenters. The molecule has 164 valence electrons. The quantitative estimate of drug-likeness (QED) is 0.532. The molecule has 3 aromatic rings. The van der Waals surface area contributed by atoms with Crippen LogP contribution in [0.4, 0.5) is 0 Å². The van der Waals surface area contributed by atoms with E-state index in [1.165, 1.54) is 12.7 Å². The van der Waals surface area contributed by atoms with Crippen LogP contribution < -0.4 is 5.32 Å². The number of fused-ring (bicyclic) bond motifs is 1. The molecule has 0 saturated carbocycles. The Bertz CT molecular complexity index is 1000. The van der Waals surface area contributed by atoms with Crippen molar-refractivity contribution in [3.05, 3.63) is 54.2 Å². The number of aromatic nitrogens is 2. The number of rotatable bonds is 9. The van der Waals surface area contributed by atoms with E-state index in [1.807, 2.05) is 29.2 Å². The lowest BCUT2D eigenvalue weighted by Gasteiger charge is -2.27. The predicted molar refractivity (Wildman–Crippen MR) is 119 cm³/mol. The summed E-state index contributed by atoms with van der Waals surface area (Å²) in [7, 11) is 0. The standard InChI is InChI=1S/C24H30N4O3/c29-23(27-15-7-2-8-16-27)18-28-20-11-5-4-10-19(20)26-22(28)13-3-1-6-14-25-24(30)21-12-9-17-31-21/h4-5,9-12,17H,1-3,6-8,13-16,18H2,(H,25,30). The Morgan fingerprint density at radius 3 is 2.65 bits per heavy atom. The molecule has 0 atom stereocenters. The molecule has 4 rings (SSSR count). The van der Waals surface area contributed by atoms with Crippen LogP contribution >= 0.6 is 0 Å². The maximum Gasteiger partial charge on any atom is 0.286 e. The van der Waals surface area contributed by atoms with Gasteiger partial charge in [-0.3, -0.25) is 9.59 Å². The molecule has 0 spiro atoms. The van der Waals surface area contributed by atoms with Gasteiger partial charge in [-0.2, -0.15) is 0 Å². The highest BCUT2D eigenvalue weighted by Crippen LogP contribution is 2.19. The van der Waals surface area contributed by atoms with E-state index in [0.29, 0.717) is 18.8 Å². The van der Waals surface area contributed by atoms with Gasteiger partial charge in [0.25, 0.3) is 5.91 Å². The smallest absolute Gasteiger partial charge is 0.286 e. The third kappa shape index (κ3) is 5.34. The van der Waals surface area contributed by atoms with Crippen LogP contribution in [-0.2, 0) is 17.8 Å². The molecule has 0 aliphatic carbocycles. The van der Waals surface area contributed by atoms with Crippen LogP contribution in [0.25, 0.3) is 11.0 Å². The zero-order chi connectivity index (χ0) is 21.5. The van der Waals surface area contributed by atoms with Crippen molar-refractivity contribution in [2.45, 2.75) is 51.5 Å². The SMILES string of the molecule is O=C(NCCCCCc1nc2ccccc2n1CC(=O)N1CCCCC1)c1ccco1. The number of benzene rings is 1. The van der Waals surface area contributed by atoms with E-state index in [9.17, 15) is 9.59 Å². The number of aryl methyl sites for hydroxylation is 1. The Labute approximate surface area is 182 Å². The summed E-state index contributed by atoms with van der Waals surface area (Å²) in [4.78, 5) is 31.5. The number of para-hydroxylation sites is 2. The van der Waals surface area contributed by atoms with Crippen LogP contribution in [0.15, 0.2) is 47.1 Å². The molecule has 2 aromatic heterocycles. The van der Waals surface area contributed by atoms with E-state index in [0.717, 1.165) is 68.5 Å². The van der Waals surface area contributed by atoms with E-state index in [-0.39, 0.29) is 11.8 Å². The number of furan rings is 1. The van der Waals surface area contributed by atoms with Crippen molar-refractivity contribution < 1.29 is 14.0 Å². The Kier molecular flexibility index (Phi) is 7.02. The molecule has 1 fully saturated rings. The maximum atomic E-state index is 12.9. The van der Waals surface area contributed by atoms with Gasteiger partial charge in [-0.1, -0.05) is 18.6 Å². The molecule has 1 aliphatic rings. The highest BCUT2D eigenvalue weighted by Gasteiger charge is 2.19. The molecule has 1 saturated heterocycles. The zero-order valence-electron chi connectivity index (χ0n) is 17.9. The molecule has 1 aromatic carbocycles. The second kappa shape index (κ2) is 10.3. The van der Waals surface area contributed by atoms with Gasteiger partial charge in [0.2, 0.25) is 5.91 Å². The summed E-state index contributed by atoms with van der Waals surface area (Å²) >= 11 is 0. The van der Waals surface area contributed by atoms with Crippen LogP contribution in [0.5, 0.6) is 0 Å². The summed E-state index contributed by atoms with van der Waals surface area (Å²) in [6.45, 7) is 2.70. The Morgan fingerprint density at radius 2 is 1.84 bits per heavy atom. The number of nitrogens with one attached hydrogen (secondary N) is 1. The summed E-state index contributed by atoms with van der Waals surface area (Å²) in [6.07, 6.45) is 8.54. The van der Waals surface area contributed by atoms with Crippen molar-refractivity contribution in [2.24, 2.45) is 0 Å². The second-order valence-electron chi connectivity index (χ2n) is 8.09. The first-order valence-electron chi connectivity index (χ1n) is 11.3. The minimum atomic E-state index is -0.178.